The van der Waals surface area contributed by atoms with Crippen molar-refractivity contribution in [1.82, 2.24) is 4.90 Å². The SMILES string of the molecule is CC(C)(c1ccc(N)cc1)N(CCCCNc1ccccc1)C(C)(C)c1ccc(N)cc1. The van der Waals surface area contributed by atoms with Crippen LogP contribution in [-0.4, -0.2) is 18.0 Å². The molecule has 5 N–H and O–H groups in total. The normalized spacial score (nSPS) is 12.2. The van der Waals surface area contributed by atoms with Gasteiger partial charge in [0.25, 0.3) is 0 Å². The van der Waals surface area contributed by atoms with E-state index in [1.807, 2.05) is 30.3 Å². The van der Waals surface area contributed by atoms with E-state index in [0.29, 0.717) is 0 Å². The maximum Gasteiger partial charge on any atom is 0.0413 e. The summed E-state index contributed by atoms with van der Waals surface area (Å²) in [5.74, 6) is 0. The van der Waals surface area contributed by atoms with Gasteiger partial charge in [0.15, 0.2) is 0 Å². The number of nitrogens with zero attached hydrogens (tertiary/aromatic N) is 1. The number of hydrogen-bond donors (Lipinski definition) is 3. The molecule has 0 aliphatic rings. The van der Waals surface area contributed by atoms with Crippen LogP contribution in [0.1, 0.15) is 51.7 Å². The lowest BCUT2D eigenvalue weighted by Gasteiger charge is -2.49. The van der Waals surface area contributed by atoms with Crippen molar-refractivity contribution < 1.29 is 0 Å². The van der Waals surface area contributed by atoms with Gasteiger partial charge in [-0.15, -0.1) is 0 Å². The van der Waals surface area contributed by atoms with Gasteiger partial charge in [0, 0.05) is 34.7 Å². The highest BCUT2D eigenvalue weighted by atomic mass is 15.2. The predicted molar refractivity (Wildman–Crippen MR) is 139 cm³/mol. The molecule has 0 spiro atoms. The van der Waals surface area contributed by atoms with Gasteiger partial charge in [0.05, 0.1) is 0 Å². The zero-order valence-corrected chi connectivity index (χ0v) is 19.9. The van der Waals surface area contributed by atoms with Gasteiger partial charge in [-0.1, -0.05) is 42.5 Å². The summed E-state index contributed by atoms with van der Waals surface area (Å²) in [6, 6.07) is 27.0. The van der Waals surface area contributed by atoms with Crippen LogP contribution in [0, 0.1) is 0 Å². The summed E-state index contributed by atoms with van der Waals surface area (Å²) >= 11 is 0. The van der Waals surface area contributed by atoms with Crippen LogP contribution in [0.15, 0.2) is 78.9 Å². The van der Waals surface area contributed by atoms with Crippen molar-refractivity contribution in [2.45, 2.75) is 51.6 Å². The summed E-state index contributed by atoms with van der Waals surface area (Å²) < 4.78 is 0. The highest BCUT2D eigenvalue weighted by Crippen LogP contribution is 2.40. The molecule has 0 amide bonds. The molecular weight excluding hydrogens is 392 g/mol. The second-order valence-corrected chi connectivity index (χ2v) is 9.51. The maximum atomic E-state index is 5.97. The van der Waals surface area contributed by atoms with Gasteiger partial charge in [0.1, 0.15) is 0 Å². The zero-order valence-electron chi connectivity index (χ0n) is 19.9. The van der Waals surface area contributed by atoms with Gasteiger partial charge >= 0.3 is 0 Å². The fourth-order valence-corrected chi connectivity index (χ4v) is 4.54. The third-order valence-corrected chi connectivity index (χ3v) is 6.50. The highest BCUT2D eigenvalue weighted by molar-refractivity contribution is 5.44. The smallest absolute Gasteiger partial charge is 0.0413 e. The fraction of sp³-hybridized carbons (Fsp3) is 0.357. The minimum Gasteiger partial charge on any atom is -0.399 e. The second-order valence-electron chi connectivity index (χ2n) is 9.51. The number of anilines is 3. The van der Waals surface area contributed by atoms with Crippen LogP contribution < -0.4 is 16.8 Å². The molecule has 0 unspecified atom stereocenters. The monoisotopic (exact) mass is 430 g/mol. The number of nitrogens with two attached hydrogens (primary N) is 2. The molecule has 4 nitrogen and oxygen atoms in total. The van der Waals surface area contributed by atoms with Gasteiger partial charge in [-0.2, -0.15) is 0 Å². The highest BCUT2D eigenvalue weighted by Gasteiger charge is 2.39. The summed E-state index contributed by atoms with van der Waals surface area (Å²) in [4.78, 5) is 2.61. The third-order valence-electron chi connectivity index (χ3n) is 6.50. The van der Waals surface area contributed by atoms with Crippen LogP contribution in [0.5, 0.6) is 0 Å². The second kappa shape index (κ2) is 10.1. The first-order valence-electron chi connectivity index (χ1n) is 11.5. The zero-order chi connectivity index (χ0) is 23.2. The van der Waals surface area contributed by atoms with Gasteiger partial charge in [-0.25, -0.2) is 0 Å². The molecule has 0 bridgehead atoms. The van der Waals surface area contributed by atoms with E-state index in [1.165, 1.54) is 16.8 Å². The Bertz CT molecular complexity index is 903. The molecule has 3 aromatic carbocycles. The molecule has 3 aromatic rings. The van der Waals surface area contributed by atoms with Crippen LogP contribution in [0.25, 0.3) is 0 Å². The van der Waals surface area contributed by atoms with E-state index in [-0.39, 0.29) is 11.1 Å². The van der Waals surface area contributed by atoms with Crippen LogP contribution >= 0.6 is 0 Å². The number of unbranched alkanes of at least 4 members (excludes halogenated alkanes) is 1. The summed E-state index contributed by atoms with van der Waals surface area (Å²) in [6.45, 7) is 11.2. The topological polar surface area (TPSA) is 67.3 Å². The Morgan fingerprint density at radius 2 is 1.12 bits per heavy atom. The molecule has 0 saturated heterocycles. The Morgan fingerprint density at radius 3 is 1.59 bits per heavy atom. The number of rotatable bonds is 10. The predicted octanol–water partition coefficient (Wildman–Crippen LogP) is 6.22. The molecule has 170 valence electrons. The van der Waals surface area contributed by atoms with Crippen molar-refractivity contribution in [3.63, 3.8) is 0 Å². The minimum absolute atomic E-state index is 0.175. The Morgan fingerprint density at radius 1 is 0.656 bits per heavy atom. The minimum atomic E-state index is -0.175. The number of nitrogens with one attached hydrogen (secondary N) is 1. The van der Waals surface area contributed by atoms with Crippen molar-refractivity contribution in [2.75, 3.05) is 29.9 Å². The van der Waals surface area contributed by atoms with Gasteiger partial charge in [-0.3, -0.25) is 4.90 Å². The van der Waals surface area contributed by atoms with Crippen molar-refractivity contribution in [3.05, 3.63) is 90.0 Å². The lowest BCUT2D eigenvalue weighted by atomic mass is 9.83. The van der Waals surface area contributed by atoms with Crippen molar-refractivity contribution >= 4 is 17.1 Å². The van der Waals surface area contributed by atoms with Crippen molar-refractivity contribution in [2.24, 2.45) is 0 Å². The molecular formula is C28H38N4. The fourth-order valence-electron chi connectivity index (χ4n) is 4.54. The standard InChI is InChI=1S/C28H38N4/c1-27(2,22-12-16-24(29)17-13-22)32(28(3,4)23-14-18-25(30)19-15-23)21-9-8-20-31-26-10-6-5-7-11-26/h5-7,10-19,31H,8-9,20-21,29-30H2,1-4H3. The summed E-state index contributed by atoms with van der Waals surface area (Å²) in [5.41, 5.74) is 16.9. The van der Waals surface area contributed by atoms with Crippen molar-refractivity contribution in [1.29, 1.82) is 0 Å². The van der Waals surface area contributed by atoms with E-state index in [9.17, 15) is 0 Å². The first-order valence-corrected chi connectivity index (χ1v) is 11.5. The summed E-state index contributed by atoms with van der Waals surface area (Å²) in [6.07, 6.45) is 2.19. The molecule has 0 atom stereocenters. The number of para-hydroxylation sites is 1. The quantitative estimate of drug-likeness (QED) is 0.264. The van der Waals surface area contributed by atoms with E-state index < -0.39 is 0 Å². The third kappa shape index (κ3) is 5.63. The van der Waals surface area contributed by atoms with Gasteiger partial charge in [-0.05, 0) is 94.6 Å². The largest absolute Gasteiger partial charge is 0.399 e. The average Bonchev–Trinajstić information content (AvgIpc) is 2.77. The Labute approximate surface area is 193 Å². The molecule has 0 aromatic heterocycles. The molecule has 32 heavy (non-hydrogen) atoms. The molecule has 0 radical (unpaired) electrons. The van der Waals surface area contributed by atoms with Gasteiger partial charge in [0.2, 0.25) is 0 Å². The van der Waals surface area contributed by atoms with Crippen LogP contribution in [0.3, 0.4) is 0 Å². The van der Waals surface area contributed by atoms with Crippen LogP contribution in [-0.2, 0) is 11.1 Å². The molecule has 0 aliphatic carbocycles. The first kappa shape index (κ1) is 23.7. The molecule has 4 heteroatoms. The van der Waals surface area contributed by atoms with Crippen molar-refractivity contribution in [3.8, 4) is 0 Å². The maximum absolute atomic E-state index is 5.97. The Balaban J connectivity index is 1.78. The Kier molecular flexibility index (Phi) is 7.47. The van der Waals surface area contributed by atoms with E-state index in [1.54, 1.807) is 0 Å². The summed E-state index contributed by atoms with van der Waals surface area (Å²) in [5, 5.41) is 3.53. The van der Waals surface area contributed by atoms with E-state index in [0.717, 1.165) is 37.3 Å². The van der Waals surface area contributed by atoms with Gasteiger partial charge < -0.3 is 16.8 Å². The van der Waals surface area contributed by atoms with E-state index >= 15 is 0 Å². The van der Waals surface area contributed by atoms with Crippen LogP contribution in [0.4, 0.5) is 17.1 Å². The lowest BCUT2D eigenvalue weighted by molar-refractivity contribution is 0.00888. The lowest BCUT2D eigenvalue weighted by Crippen LogP contribution is -2.52. The Hall–Kier alpha value is -2.98. The van der Waals surface area contributed by atoms with Crippen LogP contribution in [0.2, 0.25) is 0 Å². The molecule has 0 saturated carbocycles. The molecule has 3 rings (SSSR count). The number of benzene rings is 3. The van der Waals surface area contributed by atoms with E-state index in [2.05, 4.69) is 86.4 Å². The molecule has 0 fully saturated rings. The summed E-state index contributed by atoms with van der Waals surface area (Å²) in [7, 11) is 0. The average molecular weight is 431 g/mol. The first-order chi connectivity index (χ1) is 15.2. The molecule has 0 heterocycles. The molecule has 0 aliphatic heterocycles. The van der Waals surface area contributed by atoms with E-state index in [4.69, 9.17) is 11.5 Å². The number of nitrogen functional groups attached to an aromatic ring is 2. The number of hydrogen-bond acceptors (Lipinski definition) is 4.